The first-order valence-corrected chi connectivity index (χ1v) is 10.0. The number of nitrogens with one attached hydrogen (secondary N) is 2. The second kappa shape index (κ2) is 9.25. The van der Waals surface area contributed by atoms with Crippen molar-refractivity contribution in [1.29, 1.82) is 0 Å². The molecule has 1 aliphatic carbocycles. The molecule has 0 aliphatic heterocycles. The Bertz CT molecular complexity index is 1100. The molecule has 2 amide bonds. The van der Waals surface area contributed by atoms with E-state index in [4.69, 9.17) is 9.84 Å². The smallest absolute Gasteiger partial charge is 0.329 e. The van der Waals surface area contributed by atoms with Gasteiger partial charge in [-0.15, -0.1) is 0 Å². The number of aromatic nitrogens is 2. The second-order valence-corrected chi connectivity index (χ2v) is 7.30. The van der Waals surface area contributed by atoms with E-state index in [1.54, 1.807) is 7.11 Å². The Morgan fingerprint density at radius 1 is 1.16 bits per heavy atom. The van der Waals surface area contributed by atoms with Crippen molar-refractivity contribution < 1.29 is 14.3 Å². The van der Waals surface area contributed by atoms with Gasteiger partial charge in [-0.3, -0.25) is 14.3 Å². The summed E-state index contributed by atoms with van der Waals surface area (Å²) in [6.45, 7) is 0.585. The molecule has 0 atom stereocenters. The fraction of sp³-hybridized carbons (Fsp3) is 0.217. The van der Waals surface area contributed by atoms with Crippen LogP contribution in [0, 0.1) is 0 Å². The van der Waals surface area contributed by atoms with Crippen molar-refractivity contribution in [2.45, 2.75) is 25.4 Å². The van der Waals surface area contributed by atoms with Crippen LogP contribution in [0.4, 0.5) is 0 Å². The predicted octanol–water partition coefficient (Wildman–Crippen LogP) is 2.34. The number of hydrazone groups is 1. The van der Waals surface area contributed by atoms with Crippen molar-refractivity contribution in [2.75, 3.05) is 7.11 Å². The number of benzene rings is 2. The lowest BCUT2D eigenvalue weighted by atomic mass is 10.1. The van der Waals surface area contributed by atoms with Gasteiger partial charge < -0.3 is 10.1 Å². The van der Waals surface area contributed by atoms with Crippen molar-refractivity contribution in [3.63, 3.8) is 0 Å². The zero-order valence-electron chi connectivity index (χ0n) is 17.1. The Labute approximate surface area is 179 Å². The number of hydrogen-bond donors (Lipinski definition) is 2. The van der Waals surface area contributed by atoms with Crippen molar-refractivity contribution in [3.8, 4) is 17.0 Å². The van der Waals surface area contributed by atoms with Gasteiger partial charge in [-0.25, -0.2) is 5.43 Å². The van der Waals surface area contributed by atoms with Crippen LogP contribution in [-0.4, -0.2) is 41.0 Å². The zero-order valence-corrected chi connectivity index (χ0v) is 17.1. The minimum Gasteiger partial charge on any atom is -0.497 e. The minimum absolute atomic E-state index is 0.109. The first kappa shape index (κ1) is 20.3. The maximum atomic E-state index is 11.9. The van der Waals surface area contributed by atoms with E-state index in [2.05, 4.69) is 15.8 Å². The monoisotopic (exact) mass is 417 g/mol. The summed E-state index contributed by atoms with van der Waals surface area (Å²) < 4.78 is 7.14. The number of carbonyl (C=O) groups is 2. The maximum Gasteiger partial charge on any atom is 0.329 e. The van der Waals surface area contributed by atoms with Gasteiger partial charge in [0.25, 0.3) is 0 Å². The van der Waals surface area contributed by atoms with Crippen LogP contribution >= 0.6 is 0 Å². The third-order valence-corrected chi connectivity index (χ3v) is 4.81. The summed E-state index contributed by atoms with van der Waals surface area (Å²) in [6, 6.07) is 17.6. The Balaban J connectivity index is 1.56. The largest absolute Gasteiger partial charge is 0.497 e. The molecular formula is C23H23N5O3. The van der Waals surface area contributed by atoms with Crippen LogP contribution in [0.5, 0.6) is 5.75 Å². The lowest BCUT2D eigenvalue weighted by Gasteiger charge is -2.04. The Morgan fingerprint density at radius 3 is 2.71 bits per heavy atom. The van der Waals surface area contributed by atoms with Gasteiger partial charge >= 0.3 is 11.8 Å². The molecule has 0 radical (unpaired) electrons. The third kappa shape index (κ3) is 5.36. The Kier molecular flexibility index (Phi) is 6.07. The van der Waals surface area contributed by atoms with E-state index in [-0.39, 0.29) is 6.04 Å². The molecule has 3 aromatic rings. The molecule has 2 aromatic carbocycles. The van der Waals surface area contributed by atoms with E-state index in [0.29, 0.717) is 23.6 Å². The highest BCUT2D eigenvalue weighted by Gasteiger charge is 2.26. The molecule has 31 heavy (non-hydrogen) atoms. The fourth-order valence-corrected chi connectivity index (χ4v) is 3.07. The number of rotatable bonds is 7. The van der Waals surface area contributed by atoms with Crippen LogP contribution < -0.4 is 15.5 Å². The summed E-state index contributed by atoms with van der Waals surface area (Å²) in [5.41, 5.74) is 5.63. The molecule has 1 saturated carbocycles. The number of carbonyl (C=O) groups excluding carboxylic acids is 2. The molecule has 0 spiro atoms. The van der Waals surface area contributed by atoms with E-state index in [1.807, 2.05) is 65.5 Å². The van der Waals surface area contributed by atoms with Crippen LogP contribution in [0.15, 0.2) is 65.9 Å². The van der Waals surface area contributed by atoms with Gasteiger partial charge in [0.05, 0.1) is 19.9 Å². The van der Waals surface area contributed by atoms with Gasteiger partial charge in [0, 0.05) is 23.4 Å². The summed E-state index contributed by atoms with van der Waals surface area (Å²) >= 11 is 0. The SMILES string of the molecule is COc1cccc(-c2nn(Cc3ccccc3)cc2/C=N\NC(=O)C(=O)NC2CC2)c1. The molecule has 0 bridgehead atoms. The highest BCUT2D eigenvalue weighted by atomic mass is 16.5. The van der Waals surface area contributed by atoms with Gasteiger partial charge in [-0.05, 0) is 30.5 Å². The first-order chi connectivity index (χ1) is 15.1. The molecule has 1 heterocycles. The summed E-state index contributed by atoms with van der Waals surface area (Å²) in [6.07, 6.45) is 5.16. The van der Waals surface area contributed by atoms with Gasteiger partial charge in [0.2, 0.25) is 0 Å². The Hall–Kier alpha value is -3.94. The van der Waals surface area contributed by atoms with Crippen molar-refractivity contribution in [1.82, 2.24) is 20.5 Å². The van der Waals surface area contributed by atoms with Crippen LogP contribution in [0.3, 0.4) is 0 Å². The Morgan fingerprint density at radius 2 is 1.97 bits per heavy atom. The highest BCUT2D eigenvalue weighted by Crippen LogP contribution is 2.25. The lowest BCUT2D eigenvalue weighted by molar-refractivity contribution is -0.139. The van der Waals surface area contributed by atoms with E-state index < -0.39 is 11.8 Å². The summed E-state index contributed by atoms with van der Waals surface area (Å²) in [4.78, 5) is 23.7. The van der Waals surface area contributed by atoms with E-state index >= 15 is 0 Å². The molecule has 158 valence electrons. The van der Waals surface area contributed by atoms with Crippen LogP contribution in [0.2, 0.25) is 0 Å². The number of hydrogen-bond acceptors (Lipinski definition) is 5. The molecular weight excluding hydrogens is 394 g/mol. The normalized spacial score (nSPS) is 13.2. The summed E-state index contributed by atoms with van der Waals surface area (Å²) in [7, 11) is 1.61. The molecule has 8 nitrogen and oxygen atoms in total. The van der Waals surface area contributed by atoms with Crippen molar-refractivity contribution >= 4 is 18.0 Å². The first-order valence-electron chi connectivity index (χ1n) is 10.0. The van der Waals surface area contributed by atoms with Crippen LogP contribution in [-0.2, 0) is 16.1 Å². The van der Waals surface area contributed by atoms with Crippen LogP contribution in [0.25, 0.3) is 11.3 Å². The zero-order chi connectivity index (χ0) is 21.6. The molecule has 1 aromatic heterocycles. The summed E-state index contributed by atoms with van der Waals surface area (Å²) in [5, 5.41) is 11.3. The summed E-state index contributed by atoms with van der Waals surface area (Å²) in [5.74, 6) is -0.752. The average molecular weight is 417 g/mol. The van der Waals surface area contributed by atoms with Gasteiger partial charge in [-0.1, -0.05) is 42.5 Å². The molecule has 4 rings (SSSR count). The topological polar surface area (TPSA) is 97.6 Å². The van der Waals surface area contributed by atoms with Crippen molar-refractivity contribution in [3.05, 3.63) is 71.9 Å². The number of nitrogens with zero attached hydrogens (tertiary/aromatic N) is 3. The number of ether oxygens (including phenoxy) is 1. The number of methoxy groups -OCH3 is 1. The molecule has 1 fully saturated rings. The number of amides is 2. The molecule has 0 saturated heterocycles. The van der Waals surface area contributed by atoms with Gasteiger partial charge in [0.1, 0.15) is 11.4 Å². The molecule has 0 unspecified atom stereocenters. The second-order valence-electron chi connectivity index (χ2n) is 7.30. The van der Waals surface area contributed by atoms with Crippen LogP contribution in [0.1, 0.15) is 24.0 Å². The fourth-order valence-electron chi connectivity index (χ4n) is 3.07. The molecule has 8 heteroatoms. The van der Waals surface area contributed by atoms with Gasteiger partial charge in [0.15, 0.2) is 0 Å². The quantitative estimate of drug-likeness (QED) is 0.350. The molecule has 1 aliphatic rings. The van der Waals surface area contributed by atoms with E-state index in [9.17, 15) is 9.59 Å². The lowest BCUT2D eigenvalue weighted by Crippen LogP contribution is -2.38. The van der Waals surface area contributed by atoms with Crippen molar-refractivity contribution in [2.24, 2.45) is 5.10 Å². The molecule has 2 N–H and O–H groups in total. The van der Waals surface area contributed by atoms with E-state index in [1.165, 1.54) is 6.21 Å². The minimum atomic E-state index is -0.789. The highest BCUT2D eigenvalue weighted by molar-refractivity contribution is 6.35. The van der Waals surface area contributed by atoms with E-state index in [0.717, 1.165) is 24.0 Å². The standard InChI is InChI=1S/C23H23N5O3/c1-31-20-9-5-8-17(12-20)21-18(13-24-26-23(30)22(29)25-19-10-11-19)15-28(27-21)14-16-6-3-2-4-7-16/h2-9,12-13,15,19H,10-11,14H2,1H3,(H,25,29)(H,26,30)/b24-13-. The average Bonchev–Trinajstić information content (AvgIpc) is 3.52. The van der Waals surface area contributed by atoms with Gasteiger partial charge in [-0.2, -0.15) is 10.2 Å². The third-order valence-electron chi connectivity index (χ3n) is 4.81. The predicted molar refractivity (Wildman–Crippen MR) is 117 cm³/mol. The maximum absolute atomic E-state index is 11.9.